The first-order valence-electron chi connectivity index (χ1n) is 23.2. The lowest BCUT2D eigenvalue weighted by atomic mass is 9.98. The Morgan fingerprint density at radius 2 is 0.788 bits per heavy atom. The Kier molecular flexibility index (Phi) is 26.6. The monoisotopic (exact) mass is 933 g/mol. The van der Waals surface area contributed by atoms with Crippen molar-refractivity contribution in [1.82, 2.24) is 31.9 Å². The number of carbonyl (C=O) groups excluding carboxylic acids is 8. The van der Waals surface area contributed by atoms with Crippen LogP contribution in [-0.2, 0) is 47.8 Å². The molecule has 1 aromatic carbocycles. The highest BCUT2D eigenvalue weighted by molar-refractivity contribution is 5.95. The smallest absolute Gasteiger partial charge is 0.328 e. The summed E-state index contributed by atoms with van der Waals surface area (Å²) in [7, 11) is 2.49. The van der Waals surface area contributed by atoms with Crippen LogP contribution in [0.4, 0.5) is 0 Å². The van der Waals surface area contributed by atoms with E-state index < -0.39 is 71.8 Å². The van der Waals surface area contributed by atoms with Crippen LogP contribution in [0.2, 0.25) is 0 Å². The lowest BCUT2D eigenvalue weighted by Crippen LogP contribution is -2.57. The predicted molar refractivity (Wildman–Crippen MR) is 250 cm³/mol. The summed E-state index contributed by atoms with van der Waals surface area (Å²) in [6, 6.07) is 1.46. The van der Waals surface area contributed by atoms with Crippen molar-refractivity contribution in [3.63, 3.8) is 0 Å². The molecule has 0 spiro atoms. The van der Waals surface area contributed by atoms with E-state index in [2.05, 4.69) is 31.9 Å². The molecule has 0 saturated carbocycles. The van der Waals surface area contributed by atoms with Gasteiger partial charge in [0.2, 0.25) is 35.4 Å². The number of amides is 6. The molecule has 1 aromatic rings. The lowest BCUT2D eigenvalue weighted by Gasteiger charge is -2.28. The summed E-state index contributed by atoms with van der Waals surface area (Å²) in [6.45, 7) is 22.3. The molecule has 1 rings (SSSR count). The van der Waals surface area contributed by atoms with E-state index in [1.54, 1.807) is 79.7 Å². The van der Waals surface area contributed by atoms with Crippen LogP contribution >= 0.6 is 0 Å². The minimum atomic E-state index is -0.936. The third kappa shape index (κ3) is 21.7. The summed E-state index contributed by atoms with van der Waals surface area (Å²) in [4.78, 5) is 104. The molecule has 66 heavy (non-hydrogen) atoms. The number of methoxy groups -OCH3 is 2. The molecule has 0 aliphatic carbocycles. The minimum absolute atomic E-state index is 0.0422. The number of carbonyl (C=O) groups is 8. The van der Waals surface area contributed by atoms with E-state index in [1.807, 2.05) is 27.7 Å². The Hall–Kier alpha value is -5.42. The van der Waals surface area contributed by atoms with Crippen LogP contribution in [0.25, 0.3) is 0 Å². The summed E-state index contributed by atoms with van der Waals surface area (Å²) in [6.07, 6.45) is 1.46. The minimum Gasteiger partial charge on any atom is -0.493 e. The van der Waals surface area contributed by atoms with Crippen LogP contribution in [0.3, 0.4) is 0 Å². The van der Waals surface area contributed by atoms with Gasteiger partial charge in [-0.2, -0.15) is 0 Å². The number of hydrogen-bond donors (Lipinski definition) is 6. The van der Waals surface area contributed by atoms with Crippen LogP contribution < -0.4 is 41.4 Å². The number of nitrogens with one attached hydrogen (secondary N) is 6. The van der Waals surface area contributed by atoms with Gasteiger partial charge in [0.15, 0.2) is 0 Å². The Labute approximate surface area is 392 Å². The van der Waals surface area contributed by atoms with Crippen molar-refractivity contribution >= 4 is 47.4 Å². The molecule has 18 nitrogen and oxygen atoms in total. The van der Waals surface area contributed by atoms with Gasteiger partial charge in [0.1, 0.15) is 47.8 Å². The largest absolute Gasteiger partial charge is 0.493 e. The third-order valence-corrected chi connectivity index (χ3v) is 10.5. The highest BCUT2D eigenvalue weighted by Gasteiger charge is 2.34. The molecule has 0 radical (unpaired) electrons. The molecule has 6 amide bonds. The normalized spacial score (nSPS) is 14.1. The number of rotatable bonds is 30. The van der Waals surface area contributed by atoms with Gasteiger partial charge in [0.05, 0.1) is 27.4 Å². The molecule has 4 unspecified atom stereocenters. The van der Waals surface area contributed by atoms with E-state index in [4.69, 9.17) is 18.9 Å². The SMILES string of the molecule is COC(=O)[C@@H](NC(=O)C(CC(C)C)NC(=O)C(NC(=O)CCCOc1cccc(OCCCC(=O)NC(C(=O)NC(CC(C)C)C(=O)N[C@H](C(=O)OC)C(C)C)C(C)C)c1)C(C)C)C(C)C. The van der Waals surface area contributed by atoms with Gasteiger partial charge >= 0.3 is 11.9 Å². The van der Waals surface area contributed by atoms with Crippen molar-refractivity contribution < 1.29 is 57.3 Å². The fraction of sp³-hybridized carbons (Fsp3) is 0.708. The molecular weight excluding hydrogens is 853 g/mol. The average Bonchev–Trinajstić information content (AvgIpc) is 3.23. The van der Waals surface area contributed by atoms with Gasteiger partial charge in [-0.05, 0) is 73.3 Å². The summed E-state index contributed by atoms with van der Waals surface area (Å²) in [5, 5.41) is 16.6. The molecule has 0 saturated heterocycles. The van der Waals surface area contributed by atoms with Crippen molar-refractivity contribution in [2.24, 2.45) is 35.5 Å². The summed E-state index contributed by atoms with van der Waals surface area (Å²) >= 11 is 0. The van der Waals surface area contributed by atoms with Gasteiger partial charge in [-0.25, -0.2) is 9.59 Å². The first-order valence-corrected chi connectivity index (χ1v) is 23.2. The molecule has 0 fully saturated rings. The molecule has 0 bridgehead atoms. The van der Waals surface area contributed by atoms with E-state index in [1.165, 1.54) is 14.2 Å². The van der Waals surface area contributed by atoms with Gasteiger partial charge in [-0.1, -0.05) is 89.2 Å². The maximum Gasteiger partial charge on any atom is 0.328 e. The molecule has 18 heteroatoms. The second-order valence-corrected chi connectivity index (χ2v) is 18.8. The van der Waals surface area contributed by atoms with E-state index >= 15 is 0 Å². The molecular formula is C48H80N6O12. The van der Waals surface area contributed by atoms with E-state index in [0.29, 0.717) is 37.2 Å². The average molecular weight is 933 g/mol. The zero-order valence-corrected chi connectivity index (χ0v) is 41.8. The van der Waals surface area contributed by atoms with Gasteiger partial charge in [0.25, 0.3) is 0 Å². The number of hydrogen-bond acceptors (Lipinski definition) is 12. The zero-order chi connectivity index (χ0) is 50.3. The highest BCUT2D eigenvalue weighted by Crippen LogP contribution is 2.20. The molecule has 0 aliphatic heterocycles. The molecule has 374 valence electrons. The maximum absolute atomic E-state index is 13.4. The standard InChI is InChI=1S/C48H80N6O12/c1-27(2)24-35(43(57)53-41(31(9)10)47(61)63-13)49-45(59)39(29(5)6)51-37(55)20-16-22-65-33-18-15-19-34(26-33)66-23-17-21-38(56)52-40(30(7)8)46(60)50-36(25-28(3)4)44(58)54-42(32(11)12)48(62)64-14/h15,18-19,26-32,35-36,39-42H,16-17,20-25H2,1-14H3,(H,49,59)(H,50,60)(H,51,55)(H,52,56)(H,53,57)(H,54,58)/t35?,36?,39?,40?,41-,42-/m0/s1. The summed E-state index contributed by atoms with van der Waals surface area (Å²) < 4.78 is 21.4. The van der Waals surface area contributed by atoms with Crippen molar-refractivity contribution in [2.75, 3.05) is 27.4 Å². The zero-order valence-electron chi connectivity index (χ0n) is 41.8. The fourth-order valence-corrected chi connectivity index (χ4v) is 6.75. The molecule has 6 N–H and O–H groups in total. The fourth-order valence-electron chi connectivity index (χ4n) is 6.75. The number of benzene rings is 1. The van der Waals surface area contributed by atoms with Gasteiger partial charge in [-0.3, -0.25) is 28.8 Å². The number of ether oxygens (including phenoxy) is 4. The molecule has 6 atom stereocenters. The van der Waals surface area contributed by atoms with Crippen LogP contribution in [0.1, 0.15) is 122 Å². The second-order valence-electron chi connectivity index (χ2n) is 18.8. The van der Waals surface area contributed by atoms with Crippen LogP contribution in [0, 0.1) is 35.5 Å². The Morgan fingerprint density at radius 1 is 0.455 bits per heavy atom. The highest BCUT2D eigenvalue weighted by atomic mass is 16.5. The molecule has 0 heterocycles. The predicted octanol–water partition coefficient (Wildman–Crippen LogP) is 3.98. The Bertz CT molecular complexity index is 1610. The molecule has 0 aliphatic rings. The first-order chi connectivity index (χ1) is 30.9. The first kappa shape index (κ1) is 58.6. The number of esters is 2. The Balaban J connectivity index is 2.71. The Morgan fingerprint density at radius 3 is 1.08 bits per heavy atom. The van der Waals surface area contributed by atoms with E-state index in [-0.39, 0.29) is 73.4 Å². The van der Waals surface area contributed by atoms with E-state index in [9.17, 15) is 38.4 Å². The van der Waals surface area contributed by atoms with E-state index in [0.717, 1.165) is 0 Å². The van der Waals surface area contributed by atoms with Crippen molar-refractivity contribution in [1.29, 1.82) is 0 Å². The van der Waals surface area contributed by atoms with Crippen LogP contribution in [0.5, 0.6) is 11.5 Å². The lowest BCUT2D eigenvalue weighted by molar-refractivity contribution is -0.147. The summed E-state index contributed by atoms with van der Waals surface area (Å²) in [5.74, 6) is -3.91. The second kappa shape index (κ2) is 30.0. The third-order valence-electron chi connectivity index (χ3n) is 10.5. The van der Waals surface area contributed by atoms with Crippen LogP contribution in [0.15, 0.2) is 24.3 Å². The van der Waals surface area contributed by atoms with Gasteiger partial charge < -0.3 is 50.8 Å². The van der Waals surface area contributed by atoms with Crippen molar-refractivity contribution in [3.05, 3.63) is 24.3 Å². The quantitative estimate of drug-likeness (QED) is 0.0474. The van der Waals surface area contributed by atoms with Crippen molar-refractivity contribution in [3.8, 4) is 11.5 Å². The topological polar surface area (TPSA) is 246 Å². The molecule has 0 aromatic heterocycles. The van der Waals surface area contributed by atoms with Gasteiger partial charge in [0, 0.05) is 18.9 Å². The van der Waals surface area contributed by atoms with Crippen LogP contribution in [-0.4, -0.2) is 111 Å². The maximum atomic E-state index is 13.4. The van der Waals surface area contributed by atoms with Crippen molar-refractivity contribution in [2.45, 2.75) is 158 Å². The van der Waals surface area contributed by atoms with Gasteiger partial charge in [-0.15, -0.1) is 0 Å². The summed E-state index contributed by atoms with van der Waals surface area (Å²) in [5.41, 5.74) is 0.